The number of fused-ring (bicyclic) bond motifs is 1. The van der Waals surface area contributed by atoms with Gasteiger partial charge in [-0.1, -0.05) is 45.4 Å². The van der Waals surface area contributed by atoms with Crippen molar-refractivity contribution in [3.8, 4) is 0 Å². The van der Waals surface area contributed by atoms with Gasteiger partial charge in [0.15, 0.2) is 0 Å². The molecule has 0 aliphatic heterocycles. The molecule has 2 rings (SSSR count). The fraction of sp³-hybridized carbons (Fsp3) is 1.00. The van der Waals surface area contributed by atoms with Gasteiger partial charge >= 0.3 is 0 Å². The fourth-order valence-electron chi connectivity index (χ4n) is 3.41. The fourth-order valence-corrected chi connectivity index (χ4v) is 3.41. The summed E-state index contributed by atoms with van der Waals surface area (Å²) in [6.07, 6.45) is 12.8. The van der Waals surface area contributed by atoms with Gasteiger partial charge in [-0.05, 0) is 25.7 Å². The van der Waals surface area contributed by atoms with E-state index < -0.39 is 0 Å². The molecule has 2 atom stereocenters. The highest BCUT2D eigenvalue weighted by molar-refractivity contribution is 5.17. The molecule has 0 unspecified atom stereocenters. The van der Waals surface area contributed by atoms with E-state index in [1.807, 2.05) is 0 Å². The first-order chi connectivity index (χ1) is 6.72. The topological polar surface area (TPSA) is 20.2 Å². The van der Waals surface area contributed by atoms with E-state index in [2.05, 4.69) is 6.92 Å². The number of hydrogen-bond donors (Lipinski definition) is 1. The maximum atomic E-state index is 10.3. The van der Waals surface area contributed by atoms with Crippen LogP contribution in [0.2, 0.25) is 0 Å². The summed E-state index contributed by atoms with van der Waals surface area (Å²) in [5.41, 5.74) is 0.177. The van der Waals surface area contributed by atoms with E-state index in [0.29, 0.717) is 5.41 Å². The zero-order valence-electron chi connectivity index (χ0n) is 9.52. The Morgan fingerprint density at radius 2 is 1.86 bits per heavy atom. The Balaban J connectivity index is 1.75. The van der Waals surface area contributed by atoms with Gasteiger partial charge in [0.25, 0.3) is 0 Å². The zero-order chi connectivity index (χ0) is 10.1. The minimum atomic E-state index is -0.211. The Morgan fingerprint density at radius 3 is 2.57 bits per heavy atom. The lowest BCUT2D eigenvalue weighted by Gasteiger charge is -2.26. The van der Waals surface area contributed by atoms with E-state index in [4.69, 9.17) is 0 Å². The highest BCUT2D eigenvalue weighted by Gasteiger charge is 2.65. The maximum absolute atomic E-state index is 10.3. The van der Waals surface area contributed by atoms with Crippen LogP contribution in [0.1, 0.15) is 71.1 Å². The molecule has 0 saturated heterocycles. The molecular formula is C13H24O. The van der Waals surface area contributed by atoms with Crippen molar-refractivity contribution in [1.82, 2.24) is 0 Å². The van der Waals surface area contributed by atoms with E-state index in [1.54, 1.807) is 0 Å². The van der Waals surface area contributed by atoms with E-state index in [1.165, 1.54) is 51.4 Å². The number of hydrogen-bond acceptors (Lipinski definition) is 1. The first kappa shape index (κ1) is 10.5. The van der Waals surface area contributed by atoms with Crippen molar-refractivity contribution in [2.24, 2.45) is 5.41 Å². The summed E-state index contributed by atoms with van der Waals surface area (Å²) in [6.45, 7) is 2.26. The molecule has 1 N–H and O–H groups in total. The Hall–Kier alpha value is -0.0400. The lowest BCUT2D eigenvalue weighted by Crippen LogP contribution is -2.24. The van der Waals surface area contributed by atoms with Crippen LogP contribution < -0.4 is 0 Å². The van der Waals surface area contributed by atoms with Gasteiger partial charge in [-0.2, -0.15) is 0 Å². The molecule has 2 saturated carbocycles. The van der Waals surface area contributed by atoms with Crippen LogP contribution in [0.3, 0.4) is 0 Å². The average molecular weight is 196 g/mol. The molecule has 2 aliphatic rings. The molecule has 0 spiro atoms. The lowest BCUT2D eigenvalue weighted by atomic mass is 9.82. The van der Waals surface area contributed by atoms with Crippen LogP contribution in [0.15, 0.2) is 0 Å². The standard InChI is InChI=1S/C13H24O/c1-2-3-4-5-8-12-9-6-7-10-13(12,14)11-12/h14H,2-11H2,1H3/t12-,13-/m0/s1. The number of aliphatic hydroxyl groups is 1. The average Bonchev–Trinajstić information content (AvgIpc) is 2.79. The molecule has 0 aromatic heterocycles. The van der Waals surface area contributed by atoms with Gasteiger partial charge < -0.3 is 5.11 Å². The summed E-state index contributed by atoms with van der Waals surface area (Å²) in [6, 6.07) is 0. The minimum Gasteiger partial charge on any atom is -0.389 e. The molecule has 2 fully saturated rings. The summed E-state index contributed by atoms with van der Waals surface area (Å²) in [5, 5.41) is 10.3. The second-order valence-electron chi connectivity index (χ2n) is 5.51. The number of unbranched alkanes of at least 4 members (excludes halogenated alkanes) is 3. The van der Waals surface area contributed by atoms with Gasteiger partial charge in [-0.3, -0.25) is 0 Å². The second kappa shape index (κ2) is 3.84. The SMILES string of the molecule is CCCCCC[C@@]12CCCC[C@]1(O)C2. The Bertz CT molecular complexity index is 197. The smallest absolute Gasteiger partial charge is 0.0711 e. The Morgan fingerprint density at radius 1 is 1.07 bits per heavy atom. The summed E-state index contributed by atoms with van der Waals surface area (Å²) in [5.74, 6) is 0. The molecule has 0 aromatic carbocycles. The number of rotatable bonds is 5. The first-order valence-corrected chi connectivity index (χ1v) is 6.45. The third kappa shape index (κ3) is 1.71. The van der Waals surface area contributed by atoms with Crippen LogP contribution in [-0.2, 0) is 0 Å². The van der Waals surface area contributed by atoms with E-state index in [0.717, 1.165) is 12.8 Å². The first-order valence-electron chi connectivity index (χ1n) is 6.45. The molecule has 0 radical (unpaired) electrons. The highest BCUT2D eigenvalue weighted by Crippen LogP contribution is 2.66. The molecule has 0 bridgehead atoms. The molecule has 0 aromatic rings. The summed E-state index contributed by atoms with van der Waals surface area (Å²) in [7, 11) is 0. The monoisotopic (exact) mass is 196 g/mol. The van der Waals surface area contributed by atoms with Crippen molar-refractivity contribution in [3.63, 3.8) is 0 Å². The minimum absolute atomic E-state index is 0.211. The van der Waals surface area contributed by atoms with Crippen LogP contribution in [0.5, 0.6) is 0 Å². The Kier molecular flexibility index (Phi) is 2.88. The zero-order valence-corrected chi connectivity index (χ0v) is 9.52. The molecule has 82 valence electrons. The molecular weight excluding hydrogens is 172 g/mol. The van der Waals surface area contributed by atoms with Crippen LogP contribution in [-0.4, -0.2) is 10.7 Å². The highest BCUT2D eigenvalue weighted by atomic mass is 16.3. The predicted molar refractivity (Wildman–Crippen MR) is 59.2 cm³/mol. The summed E-state index contributed by atoms with van der Waals surface area (Å²) in [4.78, 5) is 0. The van der Waals surface area contributed by atoms with Crippen molar-refractivity contribution in [2.45, 2.75) is 76.7 Å². The van der Waals surface area contributed by atoms with Crippen LogP contribution >= 0.6 is 0 Å². The lowest BCUT2D eigenvalue weighted by molar-refractivity contribution is 0.0577. The van der Waals surface area contributed by atoms with Crippen LogP contribution in [0.25, 0.3) is 0 Å². The van der Waals surface area contributed by atoms with E-state index >= 15 is 0 Å². The van der Waals surface area contributed by atoms with Gasteiger partial charge in [0.1, 0.15) is 0 Å². The molecule has 0 heterocycles. The van der Waals surface area contributed by atoms with E-state index in [9.17, 15) is 5.11 Å². The quantitative estimate of drug-likeness (QED) is 0.665. The van der Waals surface area contributed by atoms with Crippen molar-refractivity contribution >= 4 is 0 Å². The van der Waals surface area contributed by atoms with Gasteiger partial charge in [0.2, 0.25) is 0 Å². The summed E-state index contributed by atoms with van der Waals surface area (Å²) < 4.78 is 0. The van der Waals surface area contributed by atoms with Crippen molar-refractivity contribution in [1.29, 1.82) is 0 Å². The van der Waals surface area contributed by atoms with Gasteiger partial charge in [-0.15, -0.1) is 0 Å². The normalized spacial score (nSPS) is 40.7. The van der Waals surface area contributed by atoms with Crippen molar-refractivity contribution < 1.29 is 5.11 Å². The molecule has 1 heteroatoms. The maximum Gasteiger partial charge on any atom is 0.0711 e. The van der Waals surface area contributed by atoms with Crippen LogP contribution in [0, 0.1) is 5.41 Å². The summed E-state index contributed by atoms with van der Waals surface area (Å²) >= 11 is 0. The molecule has 0 amide bonds. The predicted octanol–water partition coefficient (Wildman–Crippen LogP) is 3.65. The Labute approximate surface area is 87.9 Å². The van der Waals surface area contributed by atoms with Gasteiger partial charge in [0, 0.05) is 5.41 Å². The second-order valence-corrected chi connectivity index (χ2v) is 5.51. The largest absolute Gasteiger partial charge is 0.389 e. The molecule has 1 nitrogen and oxygen atoms in total. The van der Waals surface area contributed by atoms with Crippen molar-refractivity contribution in [2.75, 3.05) is 0 Å². The van der Waals surface area contributed by atoms with E-state index in [-0.39, 0.29) is 5.60 Å². The third-order valence-electron chi connectivity index (χ3n) is 4.50. The van der Waals surface area contributed by atoms with Crippen molar-refractivity contribution in [3.05, 3.63) is 0 Å². The van der Waals surface area contributed by atoms with Gasteiger partial charge in [-0.25, -0.2) is 0 Å². The third-order valence-corrected chi connectivity index (χ3v) is 4.50. The molecule has 2 aliphatic carbocycles. The van der Waals surface area contributed by atoms with Crippen LogP contribution in [0.4, 0.5) is 0 Å². The van der Waals surface area contributed by atoms with Gasteiger partial charge in [0.05, 0.1) is 5.60 Å². The molecule has 14 heavy (non-hydrogen) atoms.